The number of nitrogens with zero attached hydrogens (tertiary/aromatic N) is 2. The predicted octanol–water partition coefficient (Wildman–Crippen LogP) is 3.91. The Hall–Kier alpha value is -0.820. The molecule has 0 atom stereocenters. The Bertz CT molecular complexity index is 467. The first-order valence-electron chi connectivity index (χ1n) is 7.34. The maximum absolute atomic E-state index is 12.6. The van der Waals surface area contributed by atoms with Gasteiger partial charge in [-0.15, -0.1) is 11.3 Å². The fourth-order valence-electron chi connectivity index (χ4n) is 2.12. The van der Waals surface area contributed by atoms with E-state index in [2.05, 4.69) is 24.1 Å². The number of hydrogen-bond donors (Lipinski definition) is 1. The van der Waals surface area contributed by atoms with E-state index >= 15 is 0 Å². The number of hydrogen-bond acceptors (Lipinski definition) is 4. The van der Waals surface area contributed by atoms with Gasteiger partial charge in [-0.1, -0.05) is 13.8 Å². The number of halogens is 3. The summed E-state index contributed by atoms with van der Waals surface area (Å²) in [5.41, 5.74) is 1.00. The van der Waals surface area contributed by atoms with Crippen LogP contribution < -0.4 is 10.2 Å². The summed E-state index contributed by atoms with van der Waals surface area (Å²) in [6, 6.07) is 0.347. The fraction of sp³-hybridized carbons (Fsp3) is 0.786. The lowest BCUT2D eigenvalue weighted by Gasteiger charge is -2.21. The van der Waals surface area contributed by atoms with Gasteiger partial charge in [-0.2, -0.15) is 13.2 Å². The SMILES string of the molecule is CCN(CC(F)(F)F)c1nc(C2CC2)c(CNC(C)C)s1. The molecule has 0 spiro atoms. The minimum atomic E-state index is -4.20. The Labute approximate surface area is 127 Å². The van der Waals surface area contributed by atoms with Crippen LogP contribution in [0.2, 0.25) is 0 Å². The van der Waals surface area contributed by atoms with Crippen molar-refractivity contribution in [3.05, 3.63) is 10.6 Å². The van der Waals surface area contributed by atoms with Crippen LogP contribution in [0.5, 0.6) is 0 Å². The lowest BCUT2D eigenvalue weighted by molar-refractivity contribution is -0.119. The van der Waals surface area contributed by atoms with Gasteiger partial charge in [0.1, 0.15) is 6.54 Å². The van der Waals surface area contributed by atoms with Crippen LogP contribution in [0, 0.1) is 0 Å². The summed E-state index contributed by atoms with van der Waals surface area (Å²) in [5, 5.41) is 3.83. The van der Waals surface area contributed by atoms with Crippen molar-refractivity contribution in [2.45, 2.75) is 58.3 Å². The second-order valence-corrected chi connectivity index (χ2v) is 6.81. The first kappa shape index (κ1) is 16.5. The highest BCUT2D eigenvalue weighted by Gasteiger charge is 2.34. The zero-order chi connectivity index (χ0) is 15.6. The zero-order valence-corrected chi connectivity index (χ0v) is 13.4. The van der Waals surface area contributed by atoms with Crippen molar-refractivity contribution in [2.24, 2.45) is 0 Å². The van der Waals surface area contributed by atoms with E-state index in [-0.39, 0.29) is 0 Å². The molecule has 0 amide bonds. The Morgan fingerprint density at radius 2 is 2.05 bits per heavy atom. The van der Waals surface area contributed by atoms with Crippen molar-refractivity contribution in [1.29, 1.82) is 0 Å². The molecule has 1 N–H and O–H groups in total. The Morgan fingerprint density at radius 1 is 1.38 bits per heavy atom. The minimum absolute atomic E-state index is 0.314. The third-order valence-electron chi connectivity index (χ3n) is 3.37. The van der Waals surface area contributed by atoms with Gasteiger partial charge >= 0.3 is 6.18 Å². The number of aromatic nitrogens is 1. The van der Waals surface area contributed by atoms with Crippen LogP contribution in [0.1, 0.15) is 50.1 Å². The van der Waals surface area contributed by atoms with Gasteiger partial charge in [0.05, 0.1) is 5.69 Å². The molecule has 0 radical (unpaired) electrons. The van der Waals surface area contributed by atoms with Crippen molar-refractivity contribution in [1.82, 2.24) is 10.3 Å². The van der Waals surface area contributed by atoms with Crippen LogP contribution >= 0.6 is 11.3 Å². The van der Waals surface area contributed by atoms with Crippen LogP contribution in [0.3, 0.4) is 0 Å². The number of thiazole rings is 1. The van der Waals surface area contributed by atoms with Crippen LogP contribution in [0.4, 0.5) is 18.3 Å². The smallest absolute Gasteiger partial charge is 0.339 e. The lowest BCUT2D eigenvalue weighted by Crippen LogP contribution is -2.34. The Kier molecular flexibility index (Phi) is 5.14. The average Bonchev–Trinajstić information content (AvgIpc) is 3.13. The molecule has 0 unspecified atom stereocenters. The monoisotopic (exact) mass is 321 g/mol. The zero-order valence-electron chi connectivity index (χ0n) is 12.6. The van der Waals surface area contributed by atoms with Crippen molar-refractivity contribution in [3.8, 4) is 0 Å². The van der Waals surface area contributed by atoms with Gasteiger partial charge in [0.2, 0.25) is 0 Å². The lowest BCUT2D eigenvalue weighted by atomic mass is 10.2. The fourth-order valence-corrected chi connectivity index (χ4v) is 3.28. The highest BCUT2D eigenvalue weighted by Crippen LogP contribution is 2.44. The van der Waals surface area contributed by atoms with E-state index in [1.807, 2.05) is 0 Å². The number of alkyl halides is 3. The van der Waals surface area contributed by atoms with Gasteiger partial charge in [-0.3, -0.25) is 0 Å². The van der Waals surface area contributed by atoms with Crippen LogP contribution in [-0.4, -0.2) is 30.3 Å². The highest BCUT2D eigenvalue weighted by molar-refractivity contribution is 7.15. The van der Waals surface area contributed by atoms with E-state index in [0.29, 0.717) is 30.2 Å². The van der Waals surface area contributed by atoms with Crippen LogP contribution in [0.15, 0.2) is 0 Å². The molecule has 0 aromatic carbocycles. The number of anilines is 1. The first-order valence-corrected chi connectivity index (χ1v) is 8.16. The number of nitrogens with one attached hydrogen (secondary N) is 1. The molecule has 120 valence electrons. The summed E-state index contributed by atoms with van der Waals surface area (Å²) in [5.74, 6) is 0.448. The third-order valence-corrected chi connectivity index (χ3v) is 4.51. The van der Waals surface area contributed by atoms with Gasteiger partial charge in [0, 0.05) is 29.9 Å². The average molecular weight is 321 g/mol. The molecule has 0 aliphatic heterocycles. The summed E-state index contributed by atoms with van der Waals surface area (Å²) in [4.78, 5) is 6.91. The molecule has 1 saturated carbocycles. The standard InChI is InChI=1S/C14H22F3N3S/c1-4-20(8-14(15,16)17)13-19-12(10-5-6-10)11(21-13)7-18-9(2)3/h9-10,18H,4-8H2,1-3H3. The van der Waals surface area contributed by atoms with Crippen molar-refractivity contribution >= 4 is 16.5 Å². The van der Waals surface area contributed by atoms with Crippen LogP contribution in [0.25, 0.3) is 0 Å². The van der Waals surface area contributed by atoms with E-state index < -0.39 is 12.7 Å². The normalized spacial score (nSPS) is 15.8. The van der Waals surface area contributed by atoms with Crippen LogP contribution in [-0.2, 0) is 6.54 Å². The first-order chi connectivity index (χ1) is 9.80. The van der Waals surface area contributed by atoms with E-state index in [1.54, 1.807) is 6.92 Å². The predicted molar refractivity (Wildman–Crippen MR) is 80.0 cm³/mol. The summed E-state index contributed by atoms with van der Waals surface area (Å²) in [7, 11) is 0. The van der Waals surface area contributed by atoms with Crippen molar-refractivity contribution < 1.29 is 13.2 Å². The molecule has 0 saturated heterocycles. The quantitative estimate of drug-likeness (QED) is 0.825. The minimum Gasteiger partial charge on any atom is -0.339 e. The second-order valence-electron chi connectivity index (χ2n) is 5.74. The molecule has 0 bridgehead atoms. The van der Waals surface area contributed by atoms with Crippen molar-refractivity contribution in [2.75, 3.05) is 18.0 Å². The highest BCUT2D eigenvalue weighted by atomic mass is 32.1. The maximum atomic E-state index is 12.6. The largest absolute Gasteiger partial charge is 0.406 e. The number of rotatable bonds is 7. The third kappa shape index (κ3) is 4.85. The molecule has 3 nitrogen and oxygen atoms in total. The molecule has 1 aliphatic carbocycles. The van der Waals surface area contributed by atoms with Gasteiger partial charge in [-0.25, -0.2) is 4.98 Å². The van der Waals surface area contributed by atoms with Gasteiger partial charge in [0.25, 0.3) is 0 Å². The van der Waals surface area contributed by atoms with E-state index in [1.165, 1.54) is 16.2 Å². The van der Waals surface area contributed by atoms with Gasteiger partial charge < -0.3 is 10.2 Å². The Balaban J connectivity index is 2.17. The Morgan fingerprint density at radius 3 is 2.52 bits per heavy atom. The molecular weight excluding hydrogens is 299 g/mol. The molecule has 2 rings (SSSR count). The second kappa shape index (κ2) is 6.52. The maximum Gasteiger partial charge on any atom is 0.406 e. The molecular formula is C14H22F3N3S. The van der Waals surface area contributed by atoms with E-state index in [0.717, 1.165) is 23.4 Å². The summed E-state index contributed by atoms with van der Waals surface area (Å²) in [6.45, 7) is 5.91. The summed E-state index contributed by atoms with van der Waals surface area (Å²) < 4.78 is 37.9. The van der Waals surface area contributed by atoms with E-state index in [9.17, 15) is 13.2 Å². The molecule has 1 aromatic heterocycles. The van der Waals surface area contributed by atoms with Crippen molar-refractivity contribution in [3.63, 3.8) is 0 Å². The van der Waals surface area contributed by atoms with Gasteiger partial charge in [-0.05, 0) is 19.8 Å². The molecule has 1 fully saturated rings. The van der Waals surface area contributed by atoms with E-state index in [4.69, 9.17) is 0 Å². The topological polar surface area (TPSA) is 28.2 Å². The summed E-state index contributed by atoms with van der Waals surface area (Å²) in [6.07, 6.45) is -2.00. The molecule has 1 heterocycles. The molecule has 1 aliphatic rings. The van der Waals surface area contributed by atoms with Gasteiger partial charge in [0.15, 0.2) is 5.13 Å². The molecule has 1 aromatic rings. The molecule has 7 heteroatoms. The summed E-state index contributed by atoms with van der Waals surface area (Å²) >= 11 is 1.40. The molecule has 21 heavy (non-hydrogen) atoms.